The molecule has 0 bridgehead atoms. The minimum absolute atomic E-state index is 0.0200. The Hall–Kier alpha value is -2.40. The van der Waals surface area contributed by atoms with Gasteiger partial charge in [0.15, 0.2) is 0 Å². The molecule has 0 aromatic heterocycles. The van der Waals surface area contributed by atoms with Crippen LogP contribution in [0.15, 0.2) is 12.1 Å². The Labute approximate surface area is 86.3 Å². The van der Waals surface area contributed by atoms with Crippen LogP contribution in [0.4, 0.5) is 5.69 Å². The van der Waals surface area contributed by atoms with Crippen molar-refractivity contribution >= 4 is 5.69 Å². The lowest BCUT2D eigenvalue weighted by Gasteiger charge is -2.03. The molecule has 0 spiro atoms. The van der Waals surface area contributed by atoms with Crippen LogP contribution in [-0.4, -0.2) is 4.92 Å². The van der Waals surface area contributed by atoms with Crippen LogP contribution < -0.4 is 0 Å². The Bertz CT molecular complexity index is 495. The molecule has 5 heteroatoms. The van der Waals surface area contributed by atoms with Gasteiger partial charge in [-0.3, -0.25) is 10.1 Å². The summed E-state index contributed by atoms with van der Waals surface area (Å²) >= 11 is 0. The van der Waals surface area contributed by atoms with Crippen LogP contribution in [0.25, 0.3) is 0 Å². The van der Waals surface area contributed by atoms with Crippen LogP contribution in [0.3, 0.4) is 0 Å². The summed E-state index contributed by atoms with van der Waals surface area (Å²) in [6.45, 7) is 1.65. The lowest BCUT2D eigenvalue weighted by Crippen LogP contribution is -1.98. The average molecular weight is 201 g/mol. The molecule has 0 radical (unpaired) electrons. The van der Waals surface area contributed by atoms with Gasteiger partial charge >= 0.3 is 0 Å². The van der Waals surface area contributed by atoms with Crippen molar-refractivity contribution in [3.8, 4) is 12.1 Å². The van der Waals surface area contributed by atoms with E-state index in [4.69, 9.17) is 10.5 Å². The minimum atomic E-state index is -0.569. The molecule has 0 aliphatic heterocycles. The lowest BCUT2D eigenvalue weighted by atomic mass is 10.0. The number of nitro groups is 1. The first-order valence-corrected chi connectivity index (χ1v) is 4.15. The van der Waals surface area contributed by atoms with Crippen molar-refractivity contribution in [3.05, 3.63) is 38.9 Å². The van der Waals surface area contributed by atoms with Crippen molar-refractivity contribution in [1.29, 1.82) is 10.5 Å². The zero-order valence-corrected chi connectivity index (χ0v) is 8.02. The Kier molecular flexibility index (Phi) is 3.00. The highest BCUT2D eigenvalue weighted by Gasteiger charge is 2.17. The summed E-state index contributed by atoms with van der Waals surface area (Å²) in [7, 11) is 0. The molecule has 0 unspecified atom stereocenters. The maximum atomic E-state index is 10.7. The Morgan fingerprint density at radius 3 is 2.60 bits per heavy atom. The van der Waals surface area contributed by atoms with Crippen molar-refractivity contribution in [1.82, 2.24) is 0 Å². The molecule has 0 fully saturated rings. The first kappa shape index (κ1) is 10.7. The second-order valence-electron chi connectivity index (χ2n) is 2.99. The van der Waals surface area contributed by atoms with Crippen LogP contribution in [0.1, 0.15) is 16.7 Å². The molecule has 0 saturated heterocycles. The van der Waals surface area contributed by atoms with E-state index in [2.05, 4.69) is 0 Å². The van der Waals surface area contributed by atoms with Gasteiger partial charge in [-0.15, -0.1) is 0 Å². The van der Waals surface area contributed by atoms with Crippen LogP contribution >= 0.6 is 0 Å². The van der Waals surface area contributed by atoms with Gasteiger partial charge in [-0.25, -0.2) is 0 Å². The van der Waals surface area contributed by atoms with Crippen LogP contribution in [0.2, 0.25) is 0 Å². The number of aryl methyl sites for hydroxylation is 1. The number of rotatable bonds is 2. The largest absolute Gasteiger partial charge is 0.275 e. The second-order valence-corrected chi connectivity index (χ2v) is 2.99. The number of benzene rings is 1. The van der Waals surface area contributed by atoms with Gasteiger partial charge in [0.1, 0.15) is 0 Å². The summed E-state index contributed by atoms with van der Waals surface area (Å²) in [5, 5.41) is 27.9. The maximum absolute atomic E-state index is 10.7. The Morgan fingerprint density at radius 2 is 2.13 bits per heavy atom. The van der Waals surface area contributed by atoms with Gasteiger partial charge < -0.3 is 0 Å². The van der Waals surface area contributed by atoms with Gasteiger partial charge in [0.2, 0.25) is 0 Å². The highest BCUT2D eigenvalue weighted by molar-refractivity contribution is 5.52. The molecule has 1 aromatic carbocycles. The smallest absolute Gasteiger partial charge is 0.258 e. The normalized spacial score (nSPS) is 9.00. The third kappa shape index (κ3) is 2.09. The second kappa shape index (κ2) is 4.21. The molecule has 15 heavy (non-hydrogen) atoms. The molecule has 1 rings (SSSR count). The third-order valence-corrected chi connectivity index (χ3v) is 2.03. The van der Waals surface area contributed by atoms with E-state index in [9.17, 15) is 10.1 Å². The molecule has 1 aromatic rings. The van der Waals surface area contributed by atoms with Gasteiger partial charge in [-0.05, 0) is 18.6 Å². The number of nitrogens with zero attached hydrogens (tertiary/aromatic N) is 3. The quantitative estimate of drug-likeness (QED) is 0.539. The Morgan fingerprint density at radius 1 is 1.47 bits per heavy atom. The van der Waals surface area contributed by atoms with Crippen molar-refractivity contribution in [2.24, 2.45) is 0 Å². The van der Waals surface area contributed by atoms with E-state index in [1.807, 2.05) is 12.1 Å². The van der Waals surface area contributed by atoms with E-state index in [-0.39, 0.29) is 17.7 Å². The molecule has 0 atom stereocenters. The van der Waals surface area contributed by atoms with E-state index in [1.54, 1.807) is 13.0 Å². The SMILES string of the molecule is Cc1cc(C#N)cc([N+](=O)[O-])c1CC#N. The summed E-state index contributed by atoms with van der Waals surface area (Å²) in [5.41, 5.74) is 1.05. The maximum Gasteiger partial charge on any atom is 0.275 e. The summed E-state index contributed by atoms with van der Waals surface area (Å²) in [6, 6.07) is 6.45. The van der Waals surface area contributed by atoms with Crippen molar-refractivity contribution in [3.63, 3.8) is 0 Å². The van der Waals surface area contributed by atoms with E-state index >= 15 is 0 Å². The molecule has 74 valence electrons. The fraction of sp³-hybridized carbons (Fsp3) is 0.200. The highest BCUT2D eigenvalue weighted by Crippen LogP contribution is 2.24. The Balaban J connectivity index is 3.45. The third-order valence-electron chi connectivity index (χ3n) is 2.03. The van der Waals surface area contributed by atoms with Crippen molar-refractivity contribution < 1.29 is 4.92 Å². The number of hydrogen-bond donors (Lipinski definition) is 0. The highest BCUT2D eigenvalue weighted by atomic mass is 16.6. The van der Waals surface area contributed by atoms with Crippen LogP contribution in [0, 0.1) is 39.7 Å². The topological polar surface area (TPSA) is 90.7 Å². The molecule has 5 nitrogen and oxygen atoms in total. The molecular formula is C10H7N3O2. The molecule has 0 aliphatic rings. The molecule has 0 N–H and O–H groups in total. The predicted molar refractivity (Wildman–Crippen MR) is 51.9 cm³/mol. The first-order valence-electron chi connectivity index (χ1n) is 4.15. The number of nitro benzene ring substituents is 1. The molecular weight excluding hydrogens is 194 g/mol. The summed E-state index contributed by atoms with van der Waals surface area (Å²) in [6.07, 6.45) is -0.0200. The first-order chi connectivity index (χ1) is 7.10. The summed E-state index contributed by atoms with van der Waals surface area (Å²) in [5.74, 6) is 0. The predicted octanol–water partition coefficient (Wildman–Crippen LogP) is 1.84. The minimum Gasteiger partial charge on any atom is -0.258 e. The average Bonchev–Trinajstić information content (AvgIpc) is 2.20. The monoisotopic (exact) mass is 201 g/mol. The van der Waals surface area contributed by atoms with Crippen molar-refractivity contribution in [2.45, 2.75) is 13.3 Å². The standard InChI is InChI=1S/C10H7N3O2/c1-7-4-8(6-12)5-10(13(14)15)9(7)2-3-11/h4-5H,2H2,1H3. The van der Waals surface area contributed by atoms with Gasteiger partial charge in [-0.2, -0.15) is 10.5 Å². The van der Waals surface area contributed by atoms with E-state index in [1.165, 1.54) is 6.07 Å². The van der Waals surface area contributed by atoms with Gasteiger partial charge in [0.25, 0.3) is 5.69 Å². The fourth-order valence-corrected chi connectivity index (χ4v) is 1.33. The van der Waals surface area contributed by atoms with Gasteiger partial charge in [0, 0.05) is 11.6 Å². The van der Waals surface area contributed by atoms with E-state index < -0.39 is 4.92 Å². The lowest BCUT2D eigenvalue weighted by molar-refractivity contribution is -0.385. The number of nitriles is 2. The molecule has 0 saturated carbocycles. The summed E-state index contributed by atoms with van der Waals surface area (Å²) < 4.78 is 0. The van der Waals surface area contributed by atoms with E-state index in [0.717, 1.165) is 0 Å². The molecule has 0 heterocycles. The van der Waals surface area contributed by atoms with Gasteiger partial charge in [0.05, 0.1) is 29.0 Å². The summed E-state index contributed by atoms with van der Waals surface area (Å²) in [4.78, 5) is 10.1. The van der Waals surface area contributed by atoms with Crippen molar-refractivity contribution in [2.75, 3.05) is 0 Å². The molecule has 0 amide bonds. The fourth-order valence-electron chi connectivity index (χ4n) is 1.33. The number of hydrogen-bond acceptors (Lipinski definition) is 4. The molecule has 0 aliphatic carbocycles. The zero-order chi connectivity index (χ0) is 11.4. The van der Waals surface area contributed by atoms with Crippen LogP contribution in [-0.2, 0) is 6.42 Å². The van der Waals surface area contributed by atoms with Crippen LogP contribution in [0.5, 0.6) is 0 Å². The van der Waals surface area contributed by atoms with Gasteiger partial charge in [-0.1, -0.05) is 0 Å². The van der Waals surface area contributed by atoms with E-state index in [0.29, 0.717) is 11.1 Å². The zero-order valence-electron chi connectivity index (χ0n) is 8.02.